The number of aromatic amines is 1. The fourth-order valence-electron chi connectivity index (χ4n) is 2.50. The van der Waals surface area contributed by atoms with Crippen LogP contribution in [0.5, 0.6) is 0 Å². The second-order valence-electron chi connectivity index (χ2n) is 5.69. The average molecular weight is 396 g/mol. The molecule has 5 nitrogen and oxygen atoms in total. The number of rotatable bonds is 4. The summed E-state index contributed by atoms with van der Waals surface area (Å²) in [5, 5.41) is 1.24. The molecule has 3 rings (SSSR count). The molecule has 2 aromatic heterocycles. The number of benzene rings is 1. The molecular formula is C17H15Cl2N3O2S. The summed E-state index contributed by atoms with van der Waals surface area (Å²) in [7, 11) is -3.38. The van der Waals surface area contributed by atoms with Gasteiger partial charge in [-0.15, -0.1) is 0 Å². The van der Waals surface area contributed by atoms with Gasteiger partial charge in [0.15, 0.2) is 14.9 Å². The Balaban J connectivity index is 2.16. The summed E-state index contributed by atoms with van der Waals surface area (Å²) in [4.78, 5) is 11.7. The van der Waals surface area contributed by atoms with Crippen molar-refractivity contribution in [3.05, 3.63) is 75.4 Å². The first-order valence-corrected chi connectivity index (χ1v) is 10.0. The molecule has 0 saturated heterocycles. The Labute approximate surface area is 156 Å². The van der Waals surface area contributed by atoms with E-state index in [1.54, 1.807) is 24.3 Å². The van der Waals surface area contributed by atoms with Crippen LogP contribution in [-0.4, -0.2) is 29.6 Å². The topological polar surface area (TPSA) is 75.7 Å². The third-order valence-electron chi connectivity index (χ3n) is 3.79. The Kier molecular flexibility index (Phi) is 4.86. The van der Waals surface area contributed by atoms with Gasteiger partial charge < -0.3 is 4.98 Å². The molecule has 2 heterocycles. The van der Waals surface area contributed by atoms with Gasteiger partial charge in [0.05, 0.1) is 28.5 Å². The van der Waals surface area contributed by atoms with Gasteiger partial charge in [-0.3, -0.25) is 4.98 Å². The summed E-state index contributed by atoms with van der Waals surface area (Å²) in [5.41, 5.74) is 2.28. The van der Waals surface area contributed by atoms with Crippen molar-refractivity contribution in [2.45, 2.75) is 17.9 Å². The van der Waals surface area contributed by atoms with E-state index in [0.29, 0.717) is 27.3 Å². The van der Waals surface area contributed by atoms with Gasteiger partial charge in [0.25, 0.3) is 0 Å². The zero-order chi connectivity index (χ0) is 18.2. The molecular weight excluding hydrogens is 381 g/mol. The third kappa shape index (κ3) is 3.86. The highest BCUT2D eigenvalue weighted by atomic mass is 35.5. The van der Waals surface area contributed by atoms with Crippen molar-refractivity contribution in [1.29, 1.82) is 0 Å². The largest absolute Gasteiger partial charge is 0.332 e. The molecule has 0 amide bonds. The van der Waals surface area contributed by atoms with Crippen LogP contribution in [0.3, 0.4) is 0 Å². The molecule has 1 atom stereocenters. The van der Waals surface area contributed by atoms with Crippen LogP contribution in [0.15, 0.2) is 47.6 Å². The number of nitrogens with one attached hydrogen (secondary N) is 1. The lowest BCUT2D eigenvalue weighted by molar-refractivity contribution is 0.598. The fraction of sp³-hybridized carbons (Fsp3) is 0.176. The monoisotopic (exact) mass is 395 g/mol. The van der Waals surface area contributed by atoms with E-state index in [2.05, 4.69) is 15.0 Å². The Morgan fingerprint density at radius 2 is 1.76 bits per heavy atom. The number of hydrogen-bond acceptors (Lipinski definition) is 4. The Hall–Kier alpha value is -1.89. The van der Waals surface area contributed by atoms with E-state index in [0.717, 1.165) is 11.8 Å². The summed E-state index contributed by atoms with van der Waals surface area (Å²) in [6.07, 6.45) is 2.45. The number of imidazole rings is 1. The van der Waals surface area contributed by atoms with Crippen molar-refractivity contribution in [3.8, 4) is 0 Å². The van der Waals surface area contributed by atoms with E-state index in [1.807, 2.05) is 19.1 Å². The van der Waals surface area contributed by atoms with Crippen LogP contribution in [0, 0.1) is 6.92 Å². The van der Waals surface area contributed by atoms with Crippen LogP contribution in [0.25, 0.3) is 0 Å². The SMILES string of the molecule is Cc1nc(C(c2ccc(Cl)cc2)c2ncc(S(C)(=O)=O)[nH]2)ccc1Cl. The van der Waals surface area contributed by atoms with Gasteiger partial charge in [0.1, 0.15) is 5.82 Å². The fourth-order valence-corrected chi connectivity index (χ4v) is 3.27. The summed E-state index contributed by atoms with van der Waals surface area (Å²) in [5.74, 6) is 0.112. The molecule has 0 aliphatic carbocycles. The molecule has 1 unspecified atom stereocenters. The van der Waals surface area contributed by atoms with Crippen molar-refractivity contribution >= 4 is 33.0 Å². The third-order valence-corrected chi connectivity index (χ3v) is 5.44. The molecule has 0 fully saturated rings. The van der Waals surface area contributed by atoms with Crippen LogP contribution in [0.2, 0.25) is 10.0 Å². The highest BCUT2D eigenvalue weighted by Crippen LogP contribution is 2.31. The number of aryl methyl sites for hydroxylation is 1. The summed E-state index contributed by atoms with van der Waals surface area (Å²) >= 11 is 12.1. The average Bonchev–Trinajstić information content (AvgIpc) is 3.03. The van der Waals surface area contributed by atoms with Crippen molar-refractivity contribution in [2.75, 3.05) is 6.26 Å². The lowest BCUT2D eigenvalue weighted by Gasteiger charge is -2.16. The normalized spacial score (nSPS) is 13.0. The standard InChI is InChI=1S/C17H15Cl2N3O2S/c1-10-13(19)7-8-14(21-10)16(11-3-5-12(18)6-4-11)17-20-9-15(22-17)25(2,23)24/h3-9,16H,1-2H3,(H,20,22). The molecule has 0 aliphatic rings. The number of hydrogen-bond donors (Lipinski definition) is 1. The van der Waals surface area contributed by atoms with Gasteiger partial charge in [-0.05, 0) is 36.8 Å². The quantitative estimate of drug-likeness (QED) is 0.723. The molecule has 0 saturated carbocycles. The first-order valence-electron chi connectivity index (χ1n) is 7.39. The first kappa shape index (κ1) is 17.9. The number of pyridine rings is 1. The van der Waals surface area contributed by atoms with Gasteiger partial charge in [-0.2, -0.15) is 0 Å². The van der Waals surface area contributed by atoms with Crippen LogP contribution in [-0.2, 0) is 9.84 Å². The molecule has 0 radical (unpaired) electrons. The predicted molar refractivity (Wildman–Crippen MR) is 98.1 cm³/mol. The van der Waals surface area contributed by atoms with E-state index in [4.69, 9.17) is 23.2 Å². The number of sulfone groups is 1. The Morgan fingerprint density at radius 3 is 2.32 bits per heavy atom. The van der Waals surface area contributed by atoms with Crippen molar-refractivity contribution in [2.24, 2.45) is 0 Å². The maximum absolute atomic E-state index is 11.8. The summed E-state index contributed by atoms with van der Waals surface area (Å²) < 4.78 is 23.5. The number of nitrogens with zero attached hydrogens (tertiary/aromatic N) is 2. The van der Waals surface area contributed by atoms with Gasteiger partial charge in [0, 0.05) is 11.3 Å². The lowest BCUT2D eigenvalue weighted by atomic mass is 9.94. The number of halogens is 2. The van der Waals surface area contributed by atoms with Crippen molar-refractivity contribution in [3.63, 3.8) is 0 Å². The highest BCUT2D eigenvalue weighted by molar-refractivity contribution is 7.90. The van der Waals surface area contributed by atoms with E-state index in [1.165, 1.54) is 6.20 Å². The minimum atomic E-state index is -3.38. The summed E-state index contributed by atoms with van der Waals surface area (Å²) in [6.45, 7) is 1.81. The zero-order valence-corrected chi connectivity index (χ0v) is 15.8. The number of H-pyrrole nitrogens is 1. The molecule has 1 N–H and O–H groups in total. The molecule has 1 aromatic carbocycles. The van der Waals surface area contributed by atoms with Gasteiger partial charge in [-0.1, -0.05) is 35.3 Å². The van der Waals surface area contributed by atoms with E-state index >= 15 is 0 Å². The molecule has 0 aliphatic heterocycles. The minimum absolute atomic E-state index is 0.0622. The maximum atomic E-state index is 11.8. The van der Waals surface area contributed by atoms with Gasteiger partial charge in [-0.25, -0.2) is 13.4 Å². The van der Waals surface area contributed by atoms with Crippen molar-refractivity contribution in [1.82, 2.24) is 15.0 Å². The first-order chi connectivity index (χ1) is 11.8. The molecule has 0 bridgehead atoms. The Bertz CT molecular complexity index is 1010. The van der Waals surface area contributed by atoms with E-state index in [-0.39, 0.29) is 10.9 Å². The maximum Gasteiger partial charge on any atom is 0.192 e. The molecule has 0 spiro atoms. The van der Waals surface area contributed by atoms with Crippen LogP contribution in [0.1, 0.15) is 28.7 Å². The molecule has 130 valence electrons. The molecule has 8 heteroatoms. The summed E-state index contributed by atoms with van der Waals surface area (Å²) in [6, 6.07) is 10.8. The van der Waals surface area contributed by atoms with Gasteiger partial charge in [0.2, 0.25) is 0 Å². The van der Waals surface area contributed by atoms with E-state index < -0.39 is 9.84 Å². The van der Waals surface area contributed by atoms with Crippen LogP contribution < -0.4 is 0 Å². The zero-order valence-electron chi connectivity index (χ0n) is 13.5. The molecule has 3 aromatic rings. The predicted octanol–water partition coefficient (Wildman–Crippen LogP) is 4.00. The number of aromatic nitrogens is 3. The molecule has 25 heavy (non-hydrogen) atoms. The highest BCUT2D eigenvalue weighted by Gasteiger charge is 2.23. The van der Waals surface area contributed by atoms with Crippen LogP contribution in [0.4, 0.5) is 0 Å². The van der Waals surface area contributed by atoms with Crippen LogP contribution >= 0.6 is 23.2 Å². The second-order valence-corrected chi connectivity index (χ2v) is 8.52. The smallest absolute Gasteiger partial charge is 0.192 e. The lowest BCUT2D eigenvalue weighted by Crippen LogP contribution is -2.09. The minimum Gasteiger partial charge on any atom is -0.332 e. The Morgan fingerprint density at radius 1 is 1.08 bits per heavy atom. The van der Waals surface area contributed by atoms with Crippen molar-refractivity contribution < 1.29 is 8.42 Å². The second kappa shape index (κ2) is 6.78. The van der Waals surface area contributed by atoms with Gasteiger partial charge >= 0.3 is 0 Å². The van der Waals surface area contributed by atoms with E-state index in [9.17, 15) is 8.42 Å².